The Morgan fingerprint density at radius 2 is 0.508 bits per heavy atom. The lowest BCUT2D eigenvalue weighted by Gasteiger charge is -2.33. The van der Waals surface area contributed by atoms with Crippen LogP contribution in [-0.4, -0.2) is 0 Å². The van der Waals surface area contributed by atoms with Crippen LogP contribution >= 0.6 is 0 Å². The Morgan fingerprint density at radius 3 is 0.954 bits per heavy atom. The average molecular weight is 826 g/mol. The molecule has 0 atom stereocenters. The van der Waals surface area contributed by atoms with Gasteiger partial charge in [-0.3, -0.25) is 0 Å². The standard InChI is InChI=1S/C64H43N/c1-63(2)57-27-13-9-23-50(57)54-35-32-41(38-61(54)63)65(40-31-34-49-47-21-6-5-19-45(47)43-17-3-4-18-44(43)46-20-7-8-22-48(46)56(49)37-40)42-33-36-55-53-26-12-16-30-60(53)64(62(55)39-42)58-28-14-10-24-51(58)52-25-11-15-29-59(52)64/h3-39H,1-2H3. The van der Waals surface area contributed by atoms with Crippen LogP contribution in [0.25, 0.3) is 77.9 Å². The molecule has 0 saturated carbocycles. The first kappa shape index (κ1) is 36.5. The molecule has 0 N–H and O–H groups in total. The maximum Gasteiger partial charge on any atom is 0.0726 e. The van der Waals surface area contributed by atoms with Crippen LogP contribution in [0.15, 0.2) is 224 Å². The molecule has 1 nitrogen and oxygen atoms in total. The van der Waals surface area contributed by atoms with E-state index in [1.54, 1.807) is 0 Å². The first-order valence-corrected chi connectivity index (χ1v) is 22.9. The highest BCUT2D eigenvalue weighted by atomic mass is 15.1. The molecule has 304 valence electrons. The van der Waals surface area contributed by atoms with Crippen LogP contribution in [0, 0.1) is 0 Å². The van der Waals surface area contributed by atoms with Crippen LogP contribution in [0.2, 0.25) is 0 Å². The van der Waals surface area contributed by atoms with Crippen LogP contribution in [0.1, 0.15) is 47.2 Å². The Hall–Kier alpha value is -8.00. The quantitative estimate of drug-likeness (QED) is 0.172. The molecule has 1 spiro atoms. The zero-order valence-corrected chi connectivity index (χ0v) is 36.3. The molecule has 0 heterocycles. The van der Waals surface area contributed by atoms with E-state index >= 15 is 0 Å². The first-order chi connectivity index (χ1) is 32.0. The summed E-state index contributed by atoms with van der Waals surface area (Å²) in [5.74, 6) is 0. The van der Waals surface area contributed by atoms with Gasteiger partial charge < -0.3 is 4.90 Å². The molecule has 10 aromatic rings. The second-order valence-corrected chi connectivity index (χ2v) is 18.7. The lowest BCUT2D eigenvalue weighted by atomic mass is 9.70. The highest BCUT2D eigenvalue weighted by molar-refractivity contribution is 6.04. The molecule has 1 heteroatoms. The molecule has 4 aliphatic carbocycles. The van der Waals surface area contributed by atoms with Gasteiger partial charge in [-0.15, -0.1) is 0 Å². The van der Waals surface area contributed by atoms with Crippen molar-refractivity contribution in [1.29, 1.82) is 0 Å². The Kier molecular flexibility index (Phi) is 7.45. The van der Waals surface area contributed by atoms with Crippen molar-refractivity contribution in [3.05, 3.63) is 258 Å². The SMILES string of the molecule is CC1(C)c2ccccc2-c2ccc(N(c3ccc4c(c3)-c3ccccc3-c3ccccc3-c3ccccc3-4)c3ccc4c(c3)C3(c5ccccc5-c5ccccc53)c3ccccc3-4)cc21. The van der Waals surface area contributed by atoms with E-state index in [1.807, 2.05) is 0 Å². The molecule has 10 aromatic carbocycles. The summed E-state index contributed by atoms with van der Waals surface area (Å²) in [6.45, 7) is 4.77. The van der Waals surface area contributed by atoms with Gasteiger partial charge in [0.25, 0.3) is 0 Å². The predicted molar refractivity (Wildman–Crippen MR) is 270 cm³/mol. The lowest BCUT2D eigenvalue weighted by molar-refractivity contribution is 0.660. The van der Waals surface area contributed by atoms with E-state index in [0.29, 0.717) is 0 Å². The molecule has 65 heavy (non-hydrogen) atoms. The summed E-state index contributed by atoms with van der Waals surface area (Å²) < 4.78 is 0. The first-order valence-electron chi connectivity index (χ1n) is 22.9. The Labute approximate surface area is 380 Å². The summed E-state index contributed by atoms with van der Waals surface area (Å²) >= 11 is 0. The molecule has 0 aliphatic heterocycles. The highest BCUT2D eigenvalue weighted by Crippen LogP contribution is 2.63. The number of hydrogen-bond donors (Lipinski definition) is 0. The zero-order valence-electron chi connectivity index (χ0n) is 36.3. The van der Waals surface area contributed by atoms with E-state index in [0.717, 1.165) is 17.1 Å². The summed E-state index contributed by atoms with van der Waals surface area (Å²) in [7, 11) is 0. The number of hydrogen-bond acceptors (Lipinski definition) is 1. The second-order valence-electron chi connectivity index (χ2n) is 18.7. The van der Waals surface area contributed by atoms with Gasteiger partial charge in [-0.1, -0.05) is 202 Å². The second kappa shape index (κ2) is 13.3. The third-order valence-electron chi connectivity index (χ3n) is 15.3. The van der Waals surface area contributed by atoms with E-state index < -0.39 is 5.41 Å². The Balaban J connectivity index is 1.05. The summed E-state index contributed by atoms with van der Waals surface area (Å²) in [4.78, 5) is 2.53. The third-order valence-corrected chi connectivity index (χ3v) is 15.3. The predicted octanol–water partition coefficient (Wildman–Crippen LogP) is 16.8. The highest BCUT2D eigenvalue weighted by Gasteiger charge is 2.51. The van der Waals surface area contributed by atoms with Crippen LogP contribution in [-0.2, 0) is 10.8 Å². The van der Waals surface area contributed by atoms with Gasteiger partial charge in [0, 0.05) is 22.5 Å². The van der Waals surface area contributed by atoms with Crippen LogP contribution in [0.4, 0.5) is 17.1 Å². The van der Waals surface area contributed by atoms with Crippen molar-refractivity contribution in [3.63, 3.8) is 0 Å². The number of rotatable bonds is 3. The number of anilines is 3. The molecule has 0 aromatic heterocycles. The van der Waals surface area contributed by atoms with E-state index in [4.69, 9.17) is 0 Å². The molecule has 0 radical (unpaired) electrons. The fraction of sp³-hybridized carbons (Fsp3) is 0.0625. The van der Waals surface area contributed by atoms with Gasteiger partial charge in [-0.25, -0.2) is 0 Å². The van der Waals surface area contributed by atoms with Crippen LogP contribution in [0.5, 0.6) is 0 Å². The Morgan fingerprint density at radius 1 is 0.231 bits per heavy atom. The van der Waals surface area contributed by atoms with E-state index in [-0.39, 0.29) is 5.41 Å². The van der Waals surface area contributed by atoms with Crippen LogP contribution in [0.3, 0.4) is 0 Å². The molecular weight excluding hydrogens is 783 g/mol. The number of benzene rings is 10. The van der Waals surface area contributed by atoms with Crippen molar-refractivity contribution in [1.82, 2.24) is 0 Å². The van der Waals surface area contributed by atoms with Gasteiger partial charge in [0.15, 0.2) is 0 Å². The minimum atomic E-state index is -0.454. The smallest absolute Gasteiger partial charge is 0.0726 e. The molecule has 0 bridgehead atoms. The third kappa shape index (κ3) is 4.82. The van der Waals surface area contributed by atoms with Gasteiger partial charge in [-0.2, -0.15) is 0 Å². The lowest BCUT2D eigenvalue weighted by Crippen LogP contribution is -2.26. The minimum Gasteiger partial charge on any atom is -0.310 e. The number of fused-ring (bicyclic) bond motifs is 21. The normalized spacial score (nSPS) is 14.2. The molecule has 0 amide bonds. The summed E-state index contributed by atoms with van der Waals surface area (Å²) in [5, 5.41) is 0. The fourth-order valence-electron chi connectivity index (χ4n) is 12.5. The van der Waals surface area contributed by atoms with E-state index in [1.165, 1.54) is 111 Å². The van der Waals surface area contributed by atoms with E-state index in [2.05, 4.69) is 243 Å². The van der Waals surface area contributed by atoms with Crippen LogP contribution < -0.4 is 4.90 Å². The molecule has 14 rings (SSSR count). The molecule has 0 unspecified atom stereocenters. The fourth-order valence-corrected chi connectivity index (χ4v) is 12.5. The monoisotopic (exact) mass is 825 g/mol. The molecule has 0 fully saturated rings. The van der Waals surface area contributed by atoms with Crippen molar-refractivity contribution >= 4 is 17.1 Å². The largest absolute Gasteiger partial charge is 0.310 e. The minimum absolute atomic E-state index is 0.156. The zero-order chi connectivity index (χ0) is 43.0. The Bertz CT molecular complexity index is 3590. The van der Waals surface area contributed by atoms with Gasteiger partial charge in [0.2, 0.25) is 0 Å². The van der Waals surface area contributed by atoms with Crippen molar-refractivity contribution < 1.29 is 0 Å². The van der Waals surface area contributed by atoms with E-state index in [9.17, 15) is 0 Å². The maximum atomic E-state index is 2.53. The molecule has 4 aliphatic rings. The van der Waals surface area contributed by atoms with Gasteiger partial charge in [-0.05, 0) is 148 Å². The maximum absolute atomic E-state index is 2.53. The van der Waals surface area contributed by atoms with Crippen molar-refractivity contribution in [3.8, 4) is 77.9 Å². The van der Waals surface area contributed by atoms with Crippen molar-refractivity contribution in [2.75, 3.05) is 4.90 Å². The summed E-state index contributed by atoms with van der Waals surface area (Å²) in [6, 6.07) is 84.8. The van der Waals surface area contributed by atoms with Crippen molar-refractivity contribution in [2.24, 2.45) is 0 Å². The topological polar surface area (TPSA) is 3.24 Å². The summed E-state index contributed by atoms with van der Waals surface area (Å²) in [5.41, 5.74) is 28.7. The van der Waals surface area contributed by atoms with Gasteiger partial charge in [0.05, 0.1) is 5.41 Å². The molecule has 0 saturated heterocycles. The van der Waals surface area contributed by atoms with Crippen molar-refractivity contribution in [2.45, 2.75) is 24.7 Å². The average Bonchev–Trinajstić information content (AvgIpc) is 3.92. The van der Waals surface area contributed by atoms with Gasteiger partial charge in [0.1, 0.15) is 0 Å². The number of nitrogens with zero attached hydrogens (tertiary/aromatic N) is 1. The summed E-state index contributed by atoms with van der Waals surface area (Å²) in [6.07, 6.45) is 0. The van der Waals surface area contributed by atoms with Gasteiger partial charge >= 0.3 is 0 Å². The molecular formula is C64H43N.